The zero-order valence-electron chi connectivity index (χ0n) is 3.12. The molecule has 0 aromatic rings. The van der Waals surface area contributed by atoms with Crippen LogP contribution in [-0.2, 0) is 25.7 Å². The monoisotopic (exact) mass is 168 g/mol. The van der Waals surface area contributed by atoms with Crippen LogP contribution in [-0.4, -0.2) is 39.4 Å². The van der Waals surface area contributed by atoms with E-state index >= 15 is 0 Å². The predicted octanol–water partition coefficient (Wildman–Crippen LogP) is -0.934. The van der Waals surface area contributed by atoms with Crippen LogP contribution in [0.4, 0.5) is 4.79 Å². The van der Waals surface area contributed by atoms with Crippen LogP contribution < -0.4 is 0 Å². The van der Waals surface area contributed by atoms with E-state index in [-0.39, 0.29) is 23.1 Å². The first-order chi connectivity index (χ1) is 3.15. The molecule has 0 unspecified atom stereocenters. The van der Waals surface area contributed by atoms with E-state index in [1.807, 2.05) is 0 Å². The predicted molar refractivity (Wildman–Crippen MR) is 20.6 cm³/mol. The summed E-state index contributed by atoms with van der Waals surface area (Å²) in [6, 6.07) is 0. The molecular weight excluding hydrogens is 164 g/mol. The van der Waals surface area contributed by atoms with Gasteiger partial charge in [0.25, 0.3) is 0 Å². The standard InChI is InChI=1S/CH2O3.Mg.2O.Ti.2H/c2-1(3)4;;;;;;/h(H2,2,3,4);;;;;;. The van der Waals surface area contributed by atoms with Crippen LogP contribution in [0.2, 0.25) is 0 Å². The van der Waals surface area contributed by atoms with Gasteiger partial charge in [0, 0.05) is 0 Å². The minimum absolute atomic E-state index is 0. The van der Waals surface area contributed by atoms with Crippen LogP contribution in [0, 0.1) is 0 Å². The molecule has 0 fully saturated rings. The molecule has 7 heteroatoms. The molecule has 8 heavy (non-hydrogen) atoms. The number of hydrogen-bond donors (Lipinski definition) is 2. The molecule has 0 aromatic heterocycles. The van der Waals surface area contributed by atoms with E-state index in [9.17, 15) is 0 Å². The molecule has 0 amide bonds. The van der Waals surface area contributed by atoms with Crippen molar-refractivity contribution in [2.45, 2.75) is 0 Å². The van der Waals surface area contributed by atoms with E-state index in [4.69, 9.17) is 21.7 Å². The van der Waals surface area contributed by atoms with Crippen molar-refractivity contribution in [2.75, 3.05) is 0 Å². The average molecular weight is 168 g/mol. The van der Waals surface area contributed by atoms with E-state index in [1.165, 1.54) is 0 Å². The molecule has 0 aliphatic carbocycles. The molecule has 2 N–H and O–H groups in total. The van der Waals surface area contributed by atoms with Gasteiger partial charge in [-0.2, -0.15) is 0 Å². The zero-order valence-corrected chi connectivity index (χ0v) is 4.68. The summed E-state index contributed by atoms with van der Waals surface area (Å²) >= 11 is -2.00. The van der Waals surface area contributed by atoms with Crippen LogP contribution in [0.25, 0.3) is 0 Å². The number of carbonyl (C=O) groups is 1. The molecule has 0 bridgehead atoms. The van der Waals surface area contributed by atoms with Gasteiger partial charge in [0.05, 0.1) is 0 Å². The van der Waals surface area contributed by atoms with Crippen molar-refractivity contribution in [1.29, 1.82) is 0 Å². The third-order valence-electron chi connectivity index (χ3n) is 0. The summed E-state index contributed by atoms with van der Waals surface area (Å²) in [5.41, 5.74) is 0. The van der Waals surface area contributed by atoms with Gasteiger partial charge in [-0.25, -0.2) is 4.79 Å². The summed E-state index contributed by atoms with van der Waals surface area (Å²) in [7, 11) is 0. The van der Waals surface area contributed by atoms with E-state index in [1.54, 1.807) is 0 Å². The Kier molecular flexibility index (Phi) is 30.9. The molecule has 0 aromatic carbocycles. The fourth-order valence-corrected chi connectivity index (χ4v) is 0. The Morgan fingerprint density at radius 3 is 1.25 bits per heavy atom. The zero-order chi connectivity index (χ0) is 6.28. The van der Waals surface area contributed by atoms with Crippen molar-refractivity contribution in [3.63, 3.8) is 0 Å². The summed E-state index contributed by atoms with van der Waals surface area (Å²) in [4.78, 5) is 8.56. The third-order valence-corrected chi connectivity index (χ3v) is 0. The maximum absolute atomic E-state index is 8.56. The Labute approximate surface area is 69.8 Å². The van der Waals surface area contributed by atoms with Gasteiger partial charge < -0.3 is 10.2 Å². The normalized spacial score (nSPS) is 4.00. The average Bonchev–Trinajstić information content (AvgIpc) is 1.33. The van der Waals surface area contributed by atoms with Crippen molar-refractivity contribution in [1.82, 2.24) is 0 Å². The van der Waals surface area contributed by atoms with Gasteiger partial charge in [-0.15, -0.1) is 0 Å². The van der Waals surface area contributed by atoms with Gasteiger partial charge in [0.1, 0.15) is 0 Å². The summed E-state index contributed by atoms with van der Waals surface area (Å²) in [5, 5.41) is 13.9. The molecular formula is CH4MgO5Ti. The molecule has 0 saturated heterocycles. The topological polar surface area (TPSA) is 91.7 Å². The molecule has 0 heterocycles. The molecule has 0 atom stereocenters. The van der Waals surface area contributed by atoms with Gasteiger partial charge >= 0.3 is 54.9 Å². The van der Waals surface area contributed by atoms with E-state index in [0.717, 1.165) is 0 Å². The van der Waals surface area contributed by atoms with Gasteiger partial charge in [-0.05, 0) is 0 Å². The van der Waals surface area contributed by atoms with Crippen LogP contribution in [0.15, 0.2) is 0 Å². The second-order valence-corrected chi connectivity index (χ2v) is 0.626. The Balaban J connectivity index is -0.0000000575. The Morgan fingerprint density at radius 1 is 1.25 bits per heavy atom. The van der Waals surface area contributed by atoms with Crippen molar-refractivity contribution < 1.29 is 40.7 Å². The summed E-state index contributed by atoms with van der Waals surface area (Å²) in [5.74, 6) is 0. The first-order valence-electron chi connectivity index (χ1n) is 1.06. The van der Waals surface area contributed by atoms with E-state index in [2.05, 4.69) is 0 Å². The van der Waals surface area contributed by atoms with Crippen molar-refractivity contribution >= 4 is 29.2 Å². The molecule has 0 aliphatic rings. The molecule has 0 saturated carbocycles. The van der Waals surface area contributed by atoms with Crippen molar-refractivity contribution in [2.24, 2.45) is 0 Å². The van der Waals surface area contributed by atoms with Gasteiger partial charge in [0.15, 0.2) is 0 Å². The second-order valence-electron chi connectivity index (χ2n) is 0.366. The van der Waals surface area contributed by atoms with Crippen molar-refractivity contribution in [3.05, 3.63) is 0 Å². The summed E-state index contributed by atoms with van der Waals surface area (Å²) < 4.78 is 17.0. The first kappa shape index (κ1) is 15.8. The van der Waals surface area contributed by atoms with Gasteiger partial charge in [-0.1, -0.05) is 0 Å². The fourth-order valence-electron chi connectivity index (χ4n) is 0. The first-order valence-corrected chi connectivity index (χ1v) is 2.33. The SMILES string of the molecule is O=C(O)O.[MgH2].[O]=[Ti]=[O]. The molecule has 0 aliphatic heterocycles. The maximum atomic E-state index is 8.56. The number of rotatable bonds is 0. The summed E-state index contributed by atoms with van der Waals surface area (Å²) in [6.07, 6.45) is -1.83. The van der Waals surface area contributed by atoms with Crippen LogP contribution in [0.1, 0.15) is 0 Å². The van der Waals surface area contributed by atoms with Gasteiger partial charge in [0.2, 0.25) is 0 Å². The molecule has 0 radical (unpaired) electrons. The Morgan fingerprint density at radius 2 is 1.25 bits per heavy atom. The minimum atomic E-state index is -2.00. The molecule has 5 nitrogen and oxygen atoms in total. The third kappa shape index (κ3) is 1480. The van der Waals surface area contributed by atoms with Crippen LogP contribution in [0.5, 0.6) is 0 Å². The van der Waals surface area contributed by atoms with Gasteiger partial charge in [-0.3, -0.25) is 0 Å². The molecule has 44 valence electrons. The number of carboxylic acid groups (broad SMARTS) is 2. The quantitative estimate of drug-likeness (QED) is 0.456. The Bertz CT molecular complexity index is 80.4. The molecule has 0 spiro atoms. The molecule has 0 rings (SSSR count). The fraction of sp³-hybridized carbons (Fsp3) is 0. The van der Waals surface area contributed by atoms with E-state index < -0.39 is 25.2 Å². The van der Waals surface area contributed by atoms with Crippen molar-refractivity contribution in [3.8, 4) is 0 Å². The van der Waals surface area contributed by atoms with Crippen LogP contribution in [0.3, 0.4) is 0 Å². The van der Waals surface area contributed by atoms with E-state index in [0.29, 0.717) is 0 Å². The second kappa shape index (κ2) is 15.7. The summed E-state index contributed by atoms with van der Waals surface area (Å²) in [6.45, 7) is 0. The number of hydrogen-bond acceptors (Lipinski definition) is 3. The Hall–Kier alpha value is 0.351. The van der Waals surface area contributed by atoms with Crippen LogP contribution >= 0.6 is 0 Å².